The maximum absolute atomic E-state index is 12.8. The van der Waals surface area contributed by atoms with E-state index in [9.17, 15) is 4.79 Å². The molecule has 0 N–H and O–H groups in total. The number of carbonyl (C=O) groups excluding carboxylic acids is 1. The van der Waals surface area contributed by atoms with E-state index in [2.05, 4.69) is 0 Å². The summed E-state index contributed by atoms with van der Waals surface area (Å²) >= 11 is 6.80. The number of para-hydroxylation sites is 1. The molecule has 3 rings (SSSR count). The number of benzene rings is 2. The van der Waals surface area contributed by atoms with Gasteiger partial charge in [0.15, 0.2) is 4.32 Å². The average molecular weight is 325 g/mol. The van der Waals surface area contributed by atoms with Crippen molar-refractivity contribution in [2.75, 3.05) is 4.90 Å². The van der Waals surface area contributed by atoms with Gasteiger partial charge in [-0.1, -0.05) is 72.5 Å². The second kappa shape index (κ2) is 6.07. The first-order valence-corrected chi connectivity index (χ1v) is 8.19. The standard InChI is InChI=1S/C18H15NOS2/c1-12-7-6-8-13(2)16(12)19-17(20)15(22-18(19)21)11-14-9-4-3-5-10-14/h3-11H,1-2H3/b15-11-. The topological polar surface area (TPSA) is 20.3 Å². The van der Waals surface area contributed by atoms with Crippen LogP contribution in [0.5, 0.6) is 0 Å². The number of thiocarbonyl (C=S) groups is 1. The predicted molar refractivity (Wildman–Crippen MR) is 98.0 cm³/mol. The van der Waals surface area contributed by atoms with Crippen LogP contribution >= 0.6 is 24.0 Å². The van der Waals surface area contributed by atoms with Gasteiger partial charge in [0.25, 0.3) is 5.91 Å². The highest BCUT2D eigenvalue weighted by atomic mass is 32.2. The Balaban J connectivity index is 2.01. The van der Waals surface area contributed by atoms with Crippen molar-refractivity contribution in [2.45, 2.75) is 13.8 Å². The fourth-order valence-corrected chi connectivity index (χ4v) is 3.79. The Labute approximate surface area is 139 Å². The van der Waals surface area contributed by atoms with Crippen molar-refractivity contribution in [2.24, 2.45) is 0 Å². The molecule has 22 heavy (non-hydrogen) atoms. The van der Waals surface area contributed by atoms with Gasteiger partial charge in [-0.05, 0) is 36.6 Å². The van der Waals surface area contributed by atoms with E-state index in [-0.39, 0.29) is 5.91 Å². The lowest BCUT2D eigenvalue weighted by atomic mass is 10.1. The third-order valence-corrected chi connectivity index (χ3v) is 4.86. The number of aryl methyl sites for hydroxylation is 2. The molecule has 1 amide bonds. The first-order valence-electron chi connectivity index (χ1n) is 6.97. The van der Waals surface area contributed by atoms with Gasteiger partial charge in [0.2, 0.25) is 0 Å². The zero-order valence-electron chi connectivity index (χ0n) is 12.4. The molecule has 1 aliphatic heterocycles. The van der Waals surface area contributed by atoms with Gasteiger partial charge in [-0.3, -0.25) is 9.69 Å². The van der Waals surface area contributed by atoms with Crippen molar-refractivity contribution in [1.29, 1.82) is 0 Å². The highest BCUT2D eigenvalue weighted by Gasteiger charge is 2.34. The first-order chi connectivity index (χ1) is 10.6. The van der Waals surface area contributed by atoms with E-state index in [0.29, 0.717) is 9.23 Å². The summed E-state index contributed by atoms with van der Waals surface area (Å²) < 4.78 is 0.588. The highest BCUT2D eigenvalue weighted by molar-refractivity contribution is 8.27. The summed E-state index contributed by atoms with van der Waals surface area (Å²) in [6.45, 7) is 4.00. The molecule has 0 bridgehead atoms. The van der Waals surface area contributed by atoms with Crippen LogP contribution in [0.1, 0.15) is 16.7 Å². The average Bonchev–Trinajstić information content (AvgIpc) is 2.76. The van der Waals surface area contributed by atoms with Gasteiger partial charge >= 0.3 is 0 Å². The molecule has 2 aromatic carbocycles. The minimum atomic E-state index is -0.0451. The SMILES string of the molecule is Cc1cccc(C)c1N1C(=O)/C(=C/c2ccccc2)SC1=S. The van der Waals surface area contributed by atoms with Gasteiger partial charge < -0.3 is 0 Å². The molecule has 0 radical (unpaired) electrons. The number of carbonyl (C=O) groups is 1. The van der Waals surface area contributed by atoms with Crippen LogP contribution in [0.25, 0.3) is 6.08 Å². The van der Waals surface area contributed by atoms with Crippen molar-refractivity contribution in [3.05, 3.63) is 70.1 Å². The molecule has 0 aliphatic carbocycles. The Morgan fingerprint density at radius 2 is 1.64 bits per heavy atom. The number of hydrogen-bond acceptors (Lipinski definition) is 3. The van der Waals surface area contributed by atoms with E-state index in [1.807, 2.05) is 68.5 Å². The van der Waals surface area contributed by atoms with E-state index in [0.717, 1.165) is 22.4 Å². The summed E-state index contributed by atoms with van der Waals surface area (Å²) in [6, 6.07) is 15.8. The lowest BCUT2D eigenvalue weighted by Gasteiger charge is -2.19. The molecule has 1 aliphatic rings. The van der Waals surface area contributed by atoms with Gasteiger partial charge in [-0.25, -0.2) is 0 Å². The minimum absolute atomic E-state index is 0.0451. The third kappa shape index (κ3) is 2.72. The van der Waals surface area contributed by atoms with Crippen molar-refractivity contribution in [1.82, 2.24) is 0 Å². The quantitative estimate of drug-likeness (QED) is 0.589. The van der Waals surface area contributed by atoms with Crippen LogP contribution in [0.3, 0.4) is 0 Å². The molecule has 4 heteroatoms. The largest absolute Gasteiger partial charge is 0.270 e. The molecule has 2 nitrogen and oxygen atoms in total. The van der Waals surface area contributed by atoms with Gasteiger partial charge in [0.1, 0.15) is 0 Å². The van der Waals surface area contributed by atoms with E-state index in [1.54, 1.807) is 4.90 Å². The minimum Gasteiger partial charge on any atom is -0.268 e. The van der Waals surface area contributed by atoms with Crippen LogP contribution in [0, 0.1) is 13.8 Å². The summed E-state index contributed by atoms with van der Waals surface area (Å²) in [5.74, 6) is -0.0451. The zero-order valence-corrected chi connectivity index (χ0v) is 14.0. The van der Waals surface area contributed by atoms with Gasteiger partial charge in [-0.2, -0.15) is 0 Å². The smallest absolute Gasteiger partial charge is 0.268 e. The Bertz CT molecular complexity index is 761. The van der Waals surface area contributed by atoms with Crippen LogP contribution in [0.15, 0.2) is 53.4 Å². The van der Waals surface area contributed by atoms with E-state index < -0.39 is 0 Å². The zero-order chi connectivity index (χ0) is 15.7. The van der Waals surface area contributed by atoms with Gasteiger partial charge in [0, 0.05) is 0 Å². The molecular formula is C18H15NOS2. The maximum Gasteiger partial charge on any atom is 0.270 e. The molecule has 0 aromatic heterocycles. The Morgan fingerprint density at radius 3 is 2.27 bits per heavy atom. The van der Waals surface area contributed by atoms with Gasteiger partial charge in [-0.15, -0.1) is 0 Å². The number of nitrogens with zero attached hydrogens (tertiary/aromatic N) is 1. The summed E-state index contributed by atoms with van der Waals surface area (Å²) in [5.41, 5.74) is 4.01. The van der Waals surface area contributed by atoms with E-state index >= 15 is 0 Å². The maximum atomic E-state index is 12.8. The van der Waals surface area contributed by atoms with Crippen molar-refractivity contribution < 1.29 is 4.79 Å². The van der Waals surface area contributed by atoms with Crippen LogP contribution in [-0.4, -0.2) is 10.2 Å². The summed E-state index contributed by atoms with van der Waals surface area (Å²) in [5, 5.41) is 0. The molecule has 1 heterocycles. The van der Waals surface area contributed by atoms with E-state index in [4.69, 9.17) is 12.2 Å². The monoisotopic (exact) mass is 325 g/mol. The molecule has 1 saturated heterocycles. The molecule has 2 aromatic rings. The first kappa shape index (κ1) is 15.0. The summed E-state index contributed by atoms with van der Waals surface area (Å²) in [4.78, 5) is 15.1. The van der Waals surface area contributed by atoms with Crippen LogP contribution in [-0.2, 0) is 4.79 Å². The lowest BCUT2D eigenvalue weighted by Crippen LogP contribution is -2.29. The van der Waals surface area contributed by atoms with Gasteiger partial charge in [0.05, 0.1) is 10.6 Å². The van der Waals surface area contributed by atoms with Crippen LogP contribution in [0.2, 0.25) is 0 Å². The molecule has 1 fully saturated rings. The molecule has 0 unspecified atom stereocenters. The second-order valence-corrected chi connectivity index (χ2v) is 6.84. The summed E-state index contributed by atoms with van der Waals surface area (Å²) in [6.07, 6.45) is 1.90. The Kier molecular flexibility index (Phi) is 4.14. The Morgan fingerprint density at radius 1 is 1.00 bits per heavy atom. The fourth-order valence-electron chi connectivity index (χ4n) is 2.52. The highest BCUT2D eigenvalue weighted by Crippen LogP contribution is 2.38. The Hall–Kier alpha value is -1.91. The number of amides is 1. The van der Waals surface area contributed by atoms with Crippen LogP contribution < -0.4 is 4.90 Å². The lowest BCUT2D eigenvalue weighted by molar-refractivity contribution is -0.113. The number of rotatable bonds is 2. The second-order valence-electron chi connectivity index (χ2n) is 5.17. The molecule has 110 valence electrons. The predicted octanol–water partition coefficient (Wildman–Crippen LogP) is 4.71. The van der Waals surface area contributed by atoms with Crippen LogP contribution in [0.4, 0.5) is 5.69 Å². The third-order valence-electron chi connectivity index (χ3n) is 3.55. The van der Waals surface area contributed by atoms with E-state index in [1.165, 1.54) is 11.8 Å². The van der Waals surface area contributed by atoms with Crippen molar-refractivity contribution >= 4 is 46.0 Å². The van der Waals surface area contributed by atoms with Crippen molar-refractivity contribution in [3.63, 3.8) is 0 Å². The molecular weight excluding hydrogens is 310 g/mol. The summed E-state index contributed by atoms with van der Waals surface area (Å²) in [7, 11) is 0. The number of thioether (sulfide) groups is 1. The normalized spacial score (nSPS) is 16.6. The number of hydrogen-bond donors (Lipinski definition) is 0. The molecule has 0 atom stereocenters. The molecule has 0 saturated carbocycles. The number of anilines is 1. The molecule has 0 spiro atoms. The fraction of sp³-hybridized carbons (Fsp3) is 0.111. The van der Waals surface area contributed by atoms with Crippen molar-refractivity contribution in [3.8, 4) is 0 Å².